The largest absolute Gasteiger partial charge is 0.152 e. The molecule has 1 aromatic heterocycles. The van der Waals surface area contributed by atoms with Gasteiger partial charge in [0.2, 0.25) is 0 Å². The average molecular weight is 86.2 g/mol. The van der Waals surface area contributed by atoms with Gasteiger partial charge < -0.3 is 0 Å². The summed E-state index contributed by atoms with van der Waals surface area (Å²) in [5.74, 6) is 0. The van der Waals surface area contributed by atoms with E-state index >= 15 is 0 Å². The van der Waals surface area contributed by atoms with Crippen LogP contribution in [0.3, 0.4) is 0 Å². The van der Waals surface area contributed by atoms with Gasteiger partial charge in [0.1, 0.15) is 0 Å². The molecule has 0 aliphatic carbocycles. The lowest BCUT2D eigenvalue weighted by molar-refractivity contribution is 2.03. The van der Waals surface area contributed by atoms with E-state index in [-0.39, 0.29) is 1.43 Å². The Morgan fingerprint density at radius 2 is 1.80 bits per heavy atom. The molecule has 1 rings (SSSR count). The fraction of sp³-hybridized carbons (Fsp3) is 0. The Morgan fingerprint density at radius 3 is 2.00 bits per heavy atom. The van der Waals surface area contributed by atoms with Crippen molar-refractivity contribution in [3.63, 3.8) is 0 Å². The summed E-state index contributed by atoms with van der Waals surface area (Å²) in [6.07, 6.45) is 0. The molecular formula is C4H6S. The highest BCUT2D eigenvalue weighted by Gasteiger charge is 1.58. The van der Waals surface area contributed by atoms with Gasteiger partial charge in [-0.3, -0.25) is 0 Å². The van der Waals surface area contributed by atoms with Crippen LogP contribution >= 0.6 is 11.3 Å². The fourth-order valence-corrected chi connectivity index (χ4v) is 0.680. The van der Waals surface area contributed by atoms with E-state index in [1.54, 1.807) is 11.3 Å². The van der Waals surface area contributed by atoms with E-state index in [1.165, 1.54) is 0 Å². The predicted octanol–water partition coefficient (Wildman–Crippen LogP) is 1.99. The van der Waals surface area contributed by atoms with E-state index in [9.17, 15) is 0 Å². The Morgan fingerprint density at radius 1 is 1.20 bits per heavy atom. The first-order valence-electron chi connectivity index (χ1n) is 1.47. The van der Waals surface area contributed by atoms with Gasteiger partial charge >= 0.3 is 0 Å². The fourth-order valence-electron chi connectivity index (χ4n) is 0.227. The third-order valence-electron chi connectivity index (χ3n) is 0.425. The first-order chi connectivity index (χ1) is 2.50. The summed E-state index contributed by atoms with van der Waals surface area (Å²) < 4.78 is 0. The summed E-state index contributed by atoms with van der Waals surface area (Å²) in [6, 6.07) is 4.04. The van der Waals surface area contributed by atoms with Crippen molar-refractivity contribution in [1.29, 1.82) is 0 Å². The van der Waals surface area contributed by atoms with Crippen LogP contribution in [0.2, 0.25) is 0 Å². The van der Waals surface area contributed by atoms with Gasteiger partial charge in [-0.15, -0.1) is 0 Å². The van der Waals surface area contributed by atoms with Crippen LogP contribution in [-0.2, 0) is 0 Å². The highest BCUT2D eigenvalue weighted by Crippen LogP contribution is 1.91. The van der Waals surface area contributed by atoms with E-state index in [2.05, 4.69) is 0 Å². The minimum Gasteiger partial charge on any atom is -0.152 e. The van der Waals surface area contributed by atoms with Crippen LogP contribution in [0.1, 0.15) is 1.43 Å². The second kappa shape index (κ2) is 1.22. The monoisotopic (exact) mass is 86.0 g/mol. The molecule has 0 aliphatic heterocycles. The van der Waals surface area contributed by atoms with E-state index in [0.717, 1.165) is 0 Å². The SMILES string of the molecule is [HH].c1ccsc1. The average Bonchev–Trinajstić information content (AvgIpc) is 1.76. The summed E-state index contributed by atoms with van der Waals surface area (Å²) in [7, 11) is 0. The number of thiophene rings is 1. The maximum Gasteiger partial charge on any atom is 0 e. The summed E-state index contributed by atoms with van der Waals surface area (Å²) in [4.78, 5) is 0. The maximum absolute atomic E-state index is 2.04. The van der Waals surface area contributed by atoms with Crippen molar-refractivity contribution in [3.8, 4) is 0 Å². The maximum atomic E-state index is 2.04. The standard InChI is InChI=1S/C4H4S.H2/c1-2-4-5-3-1;/h1-4H;1H. The molecule has 0 atom stereocenters. The molecule has 0 aromatic carbocycles. The lowest BCUT2D eigenvalue weighted by Crippen LogP contribution is -1.16. The Balaban J connectivity index is 0.000000250. The van der Waals surface area contributed by atoms with Crippen LogP contribution in [-0.4, -0.2) is 0 Å². The smallest absolute Gasteiger partial charge is 0 e. The molecule has 0 saturated heterocycles. The van der Waals surface area contributed by atoms with Gasteiger partial charge in [0.05, 0.1) is 0 Å². The molecule has 0 unspecified atom stereocenters. The Kier molecular flexibility index (Phi) is 0.711. The molecule has 5 heavy (non-hydrogen) atoms. The second-order valence-electron chi connectivity index (χ2n) is 0.793. The van der Waals surface area contributed by atoms with Gasteiger partial charge in [-0.1, -0.05) is 12.1 Å². The van der Waals surface area contributed by atoms with Gasteiger partial charge in [-0.25, -0.2) is 0 Å². The Hall–Kier alpha value is -0.300. The van der Waals surface area contributed by atoms with Gasteiger partial charge in [0, 0.05) is 1.43 Å². The lowest BCUT2D eigenvalue weighted by Gasteiger charge is -1.39. The van der Waals surface area contributed by atoms with E-state index in [1.807, 2.05) is 22.9 Å². The predicted molar refractivity (Wildman–Crippen MR) is 26.4 cm³/mol. The normalized spacial score (nSPS) is 8.00. The first kappa shape index (κ1) is 2.91. The van der Waals surface area contributed by atoms with Crippen LogP contribution in [0.4, 0.5) is 0 Å². The van der Waals surface area contributed by atoms with Crippen LogP contribution in [0.15, 0.2) is 22.9 Å². The van der Waals surface area contributed by atoms with Gasteiger partial charge in [0.25, 0.3) is 0 Å². The van der Waals surface area contributed by atoms with E-state index < -0.39 is 0 Å². The third-order valence-corrected chi connectivity index (χ3v) is 1.05. The van der Waals surface area contributed by atoms with Crippen molar-refractivity contribution < 1.29 is 1.43 Å². The molecule has 1 aromatic rings. The molecule has 0 N–H and O–H groups in total. The van der Waals surface area contributed by atoms with Crippen LogP contribution < -0.4 is 0 Å². The lowest BCUT2D eigenvalue weighted by atomic mass is 10.7. The van der Waals surface area contributed by atoms with Crippen LogP contribution in [0.25, 0.3) is 0 Å². The molecule has 0 fully saturated rings. The number of rotatable bonds is 0. The summed E-state index contributed by atoms with van der Waals surface area (Å²) in [6.45, 7) is 0. The van der Waals surface area contributed by atoms with E-state index in [4.69, 9.17) is 0 Å². The molecule has 0 amide bonds. The highest BCUT2D eigenvalue weighted by molar-refractivity contribution is 7.07. The van der Waals surface area contributed by atoms with Gasteiger partial charge in [-0.2, -0.15) is 11.3 Å². The third kappa shape index (κ3) is 0.484. The zero-order valence-corrected chi connectivity index (χ0v) is 3.53. The minimum atomic E-state index is 0. The molecule has 0 bridgehead atoms. The first-order valence-corrected chi connectivity index (χ1v) is 2.41. The molecule has 1 heterocycles. The Bertz CT molecular complexity index is 64.0. The molecule has 1 heteroatoms. The Labute approximate surface area is 36.6 Å². The molecular weight excluding hydrogens is 80.1 g/mol. The zero-order chi connectivity index (χ0) is 3.54. The number of hydrogen-bond acceptors (Lipinski definition) is 1. The minimum absolute atomic E-state index is 0. The molecule has 0 aliphatic rings. The second-order valence-corrected chi connectivity index (χ2v) is 1.61. The zero-order valence-electron chi connectivity index (χ0n) is 2.72. The summed E-state index contributed by atoms with van der Waals surface area (Å²) >= 11 is 1.71. The van der Waals surface area contributed by atoms with Crippen molar-refractivity contribution >= 4 is 11.3 Å². The molecule has 0 saturated carbocycles. The van der Waals surface area contributed by atoms with Crippen molar-refractivity contribution in [3.05, 3.63) is 22.9 Å². The molecule has 28 valence electrons. The van der Waals surface area contributed by atoms with Crippen molar-refractivity contribution in [2.75, 3.05) is 0 Å². The quantitative estimate of drug-likeness (QED) is 0.453. The summed E-state index contributed by atoms with van der Waals surface area (Å²) in [5, 5.41) is 4.08. The van der Waals surface area contributed by atoms with Crippen molar-refractivity contribution in [2.24, 2.45) is 0 Å². The highest BCUT2D eigenvalue weighted by atomic mass is 32.1. The number of hydrogen-bond donors (Lipinski definition) is 0. The molecule has 0 spiro atoms. The summed E-state index contributed by atoms with van der Waals surface area (Å²) in [5.41, 5.74) is 0. The van der Waals surface area contributed by atoms with Gasteiger partial charge in [-0.05, 0) is 10.8 Å². The van der Waals surface area contributed by atoms with Crippen molar-refractivity contribution in [1.82, 2.24) is 0 Å². The molecule has 0 radical (unpaired) electrons. The van der Waals surface area contributed by atoms with Crippen LogP contribution in [0.5, 0.6) is 0 Å². The van der Waals surface area contributed by atoms with Crippen molar-refractivity contribution in [2.45, 2.75) is 0 Å². The van der Waals surface area contributed by atoms with Crippen LogP contribution in [0, 0.1) is 0 Å². The van der Waals surface area contributed by atoms with E-state index in [0.29, 0.717) is 0 Å². The molecule has 0 nitrogen and oxygen atoms in total. The topological polar surface area (TPSA) is 0 Å². The van der Waals surface area contributed by atoms with Gasteiger partial charge in [0.15, 0.2) is 0 Å².